The summed E-state index contributed by atoms with van der Waals surface area (Å²) in [5.74, 6) is -1.56. The lowest BCUT2D eigenvalue weighted by Crippen LogP contribution is -2.58. The number of hydrogen-bond donors (Lipinski definition) is 4. The lowest BCUT2D eigenvalue weighted by molar-refractivity contribution is -0.124. The minimum absolute atomic E-state index is 0.0907. The van der Waals surface area contributed by atoms with Crippen LogP contribution in [0, 0.1) is 0 Å². The van der Waals surface area contributed by atoms with Crippen molar-refractivity contribution in [1.29, 1.82) is 0 Å². The van der Waals surface area contributed by atoms with Gasteiger partial charge in [0.15, 0.2) is 6.29 Å². The molecule has 1 aliphatic heterocycles. The summed E-state index contributed by atoms with van der Waals surface area (Å²) < 4.78 is 31.4. The first-order valence-electron chi connectivity index (χ1n) is 14.0. The molecular formula is C31H33Cl2N3O6S. The number of hydrogen-bond acceptors (Lipinski definition) is 6. The Hall–Kier alpha value is -2.99. The van der Waals surface area contributed by atoms with E-state index in [1.807, 2.05) is 0 Å². The van der Waals surface area contributed by atoms with E-state index in [0.717, 1.165) is 12.8 Å². The molecule has 5 atom stereocenters. The van der Waals surface area contributed by atoms with Crippen LogP contribution in [0.25, 0.3) is 0 Å². The number of carbonyl (C=O) groups excluding carboxylic acids is 2. The van der Waals surface area contributed by atoms with Gasteiger partial charge < -0.3 is 20.1 Å². The zero-order valence-corrected chi connectivity index (χ0v) is 25.8. The second-order valence-electron chi connectivity index (χ2n) is 10.7. The molecule has 1 fully saturated rings. The Balaban J connectivity index is 1.62. The van der Waals surface area contributed by atoms with Crippen LogP contribution in [0.4, 0.5) is 0 Å². The number of aliphatic hydroxyl groups excluding tert-OH is 1. The molecule has 9 nitrogen and oxygen atoms in total. The summed E-state index contributed by atoms with van der Waals surface area (Å²) in [4.78, 5) is 30.3. The van der Waals surface area contributed by atoms with Crippen LogP contribution in [0.3, 0.4) is 0 Å². The van der Waals surface area contributed by atoms with Gasteiger partial charge in [-0.25, -0.2) is 13.1 Å². The minimum atomic E-state index is -2.92. The Morgan fingerprint density at radius 1 is 1.05 bits per heavy atom. The number of aliphatic hydroxyl groups is 1. The molecular weight excluding hydrogens is 613 g/mol. The third kappa shape index (κ3) is 6.60. The van der Waals surface area contributed by atoms with Gasteiger partial charge in [-0.3, -0.25) is 9.59 Å². The molecule has 43 heavy (non-hydrogen) atoms. The fourth-order valence-electron chi connectivity index (χ4n) is 6.36. The molecule has 3 aromatic rings. The quantitative estimate of drug-likeness (QED) is 0.198. The number of thiol groups is 1. The van der Waals surface area contributed by atoms with E-state index in [4.69, 9.17) is 27.9 Å². The summed E-state index contributed by atoms with van der Waals surface area (Å²) in [6.45, 7) is 0.0907. The molecule has 228 valence electrons. The predicted molar refractivity (Wildman–Crippen MR) is 164 cm³/mol. The summed E-state index contributed by atoms with van der Waals surface area (Å²) >= 11 is 13.0. The molecule has 5 rings (SSSR count). The molecule has 3 N–H and O–H groups in total. The van der Waals surface area contributed by atoms with Crippen molar-refractivity contribution in [3.05, 3.63) is 105 Å². The number of halogens is 2. The predicted octanol–water partition coefficient (Wildman–Crippen LogP) is 4.66. The van der Waals surface area contributed by atoms with Crippen LogP contribution in [0.15, 0.2) is 66.7 Å². The van der Waals surface area contributed by atoms with Gasteiger partial charge in [-0.15, -0.1) is 0 Å². The molecule has 0 radical (unpaired) electrons. The first kappa shape index (κ1) is 31.4. The fourth-order valence-corrected chi connectivity index (χ4v) is 7.45. The van der Waals surface area contributed by atoms with E-state index in [2.05, 4.69) is 10.0 Å². The Labute approximate surface area is 262 Å². The number of benzene rings is 3. The summed E-state index contributed by atoms with van der Waals surface area (Å²) in [6, 6.07) is 17.1. The van der Waals surface area contributed by atoms with E-state index in [1.165, 1.54) is 7.11 Å². The highest BCUT2D eigenvalue weighted by atomic mass is 35.5. The van der Waals surface area contributed by atoms with Crippen LogP contribution in [0.2, 0.25) is 10.0 Å². The maximum atomic E-state index is 14.3. The molecule has 3 aromatic carbocycles. The molecule has 1 heterocycles. The Kier molecular flexibility index (Phi) is 10.1. The minimum Gasteiger partial charge on any atom is -0.364 e. The molecule has 12 heteroatoms. The molecule has 1 saturated carbocycles. The maximum absolute atomic E-state index is 14.3. The highest BCUT2D eigenvalue weighted by Crippen LogP contribution is 2.47. The standard InChI is InChI=1S/C31H33Cl2N3O6S/c1-42-31(39)20-9-3-2-8-18(20)17-34-29(37)27-21-10-4-5-11-22(21)30(38)36(26-13-7-6-12-25(26)35-43(40)41)28(27)23-15-14-19(32)16-24(23)33/h2-5,8-11,14-16,25-28,31,39,43H,6-7,12-13,17H2,1H3,(H,34,37)(H,35,40,41)/t25-,26?,27+,28-,31?/m0/s1. The van der Waals surface area contributed by atoms with E-state index in [9.17, 15) is 23.1 Å². The van der Waals surface area contributed by atoms with E-state index in [-0.39, 0.29) is 23.4 Å². The maximum Gasteiger partial charge on any atom is 0.255 e. The number of carbonyl (C=O) groups is 2. The van der Waals surface area contributed by atoms with Crippen molar-refractivity contribution in [2.24, 2.45) is 0 Å². The van der Waals surface area contributed by atoms with Gasteiger partial charge in [0.25, 0.3) is 5.91 Å². The molecule has 0 spiro atoms. The lowest BCUT2D eigenvalue weighted by atomic mass is 9.76. The van der Waals surface area contributed by atoms with Crippen molar-refractivity contribution in [2.75, 3.05) is 7.11 Å². The summed E-state index contributed by atoms with van der Waals surface area (Å²) in [5.41, 5.74) is 2.62. The Bertz CT molecular complexity index is 1580. The molecule has 0 saturated heterocycles. The van der Waals surface area contributed by atoms with Crippen molar-refractivity contribution < 1.29 is 27.9 Å². The zero-order chi connectivity index (χ0) is 30.7. The molecule has 1 aliphatic carbocycles. The fraction of sp³-hybridized carbons (Fsp3) is 0.355. The number of nitrogens with one attached hydrogen (secondary N) is 2. The number of rotatable bonds is 9. The van der Waals surface area contributed by atoms with Crippen LogP contribution in [0.1, 0.15) is 76.5 Å². The molecule has 0 aromatic heterocycles. The topological polar surface area (TPSA) is 125 Å². The summed E-state index contributed by atoms with van der Waals surface area (Å²) in [7, 11) is -1.53. The number of methoxy groups -OCH3 is 1. The Morgan fingerprint density at radius 3 is 2.51 bits per heavy atom. The third-order valence-electron chi connectivity index (χ3n) is 8.30. The number of ether oxygens (including phenoxy) is 1. The van der Waals surface area contributed by atoms with Crippen LogP contribution in [0.5, 0.6) is 0 Å². The van der Waals surface area contributed by atoms with Crippen molar-refractivity contribution >= 4 is 45.9 Å². The first-order chi connectivity index (χ1) is 20.7. The monoisotopic (exact) mass is 645 g/mol. The second kappa shape index (κ2) is 13.8. The SMILES string of the molecule is COC(O)c1ccccc1CNC(=O)[C@@H]1c2ccccc2C(=O)N(C2CCCC[C@@H]2N[SH](=O)=O)[C@H]1c1ccc(Cl)cc1Cl. The second-order valence-corrected chi connectivity index (χ2v) is 12.4. The number of amides is 2. The van der Waals surface area contributed by atoms with Gasteiger partial charge >= 0.3 is 0 Å². The largest absolute Gasteiger partial charge is 0.364 e. The highest BCUT2D eigenvalue weighted by Gasteiger charge is 2.49. The van der Waals surface area contributed by atoms with Crippen molar-refractivity contribution in [3.63, 3.8) is 0 Å². The normalized spacial score (nSPS) is 22.7. The van der Waals surface area contributed by atoms with Gasteiger partial charge in [-0.1, -0.05) is 84.6 Å². The van der Waals surface area contributed by atoms with Gasteiger partial charge in [0.2, 0.25) is 16.8 Å². The summed E-state index contributed by atoms with van der Waals surface area (Å²) in [6.07, 6.45) is 1.53. The van der Waals surface area contributed by atoms with Gasteiger partial charge in [0.05, 0.1) is 12.0 Å². The van der Waals surface area contributed by atoms with Gasteiger partial charge in [0.1, 0.15) is 0 Å². The lowest BCUT2D eigenvalue weighted by Gasteiger charge is -2.49. The van der Waals surface area contributed by atoms with Gasteiger partial charge in [-0.2, -0.15) is 0 Å². The highest BCUT2D eigenvalue weighted by molar-refractivity contribution is 7.70. The summed E-state index contributed by atoms with van der Waals surface area (Å²) in [5, 5.41) is 14.0. The van der Waals surface area contributed by atoms with Crippen molar-refractivity contribution in [2.45, 2.75) is 62.6 Å². The van der Waals surface area contributed by atoms with Gasteiger partial charge in [0, 0.05) is 46.9 Å². The average Bonchev–Trinajstić information content (AvgIpc) is 3.00. The van der Waals surface area contributed by atoms with Crippen molar-refractivity contribution in [1.82, 2.24) is 14.9 Å². The molecule has 2 unspecified atom stereocenters. The molecule has 0 bridgehead atoms. The Morgan fingerprint density at radius 2 is 1.77 bits per heavy atom. The number of fused-ring (bicyclic) bond motifs is 1. The van der Waals surface area contributed by atoms with Crippen LogP contribution in [-0.2, 0) is 27.0 Å². The van der Waals surface area contributed by atoms with Gasteiger partial charge in [-0.05, 0) is 47.7 Å². The van der Waals surface area contributed by atoms with Crippen LogP contribution < -0.4 is 10.0 Å². The van der Waals surface area contributed by atoms with E-state index >= 15 is 0 Å². The first-order valence-corrected chi connectivity index (χ1v) is 16.0. The third-order valence-corrected chi connectivity index (χ3v) is 9.40. The van der Waals surface area contributed by atoms with Crippen molar-refractivity contribution in [3.8, 4) is 0 Å². The van der Waals surface area contributed by atoms with Crippen LogP contribution in [-0.4, -0.2) is 49.4 Å². The smallest absolute Gasteiger partial charge is 0.255 e. The van der Waals surface area contributed by atoms with E-state index in [0.29, 0.717) is 45.7 Å². The average molecular weight is 647 g/mol. The zero-order valence-electron chi connectivity index (χ0n) is 23.4. The van der Waals surface area contributed by atoms with E-state index < -0.39 is 41.2 Å². The number of nitrogens with zero attached hydrogens (tertiary/aromatic N) is 1. The molecule has 2 aliphatic rings. The van der Waals surface area contributed by atoms with E-state index in [1.54, 1.807) is 71.6 Å². The molecule has 2 amide bonds. The van der Waals surface area contributed by atoms with Crippen LogP contribution >= 0.6 is 23.2 Å².